The van der Waals surface area contributed by atoms with Gasteiger partial charge in [-0.15, -0.1) is 11.3 Å². The summed E-state index contributed by atoms with van der Waals surface area (Å²) in [6.07, 6.45) is 1.87. The van der Waals surface area contributed by atoms with Crippen molar-refractivity contribution in [3.05, 3.63) is 64.8 Å². The smallest absolute Gasteiger partial charge is 0.251 e. The first-order chi connectivity index (χ1) is 18.9. The molecule has 4 heterocycles. The van der Waals surface area contributed by atoms with Crippen LogP contribution in [0.25, 0.3) is 33.0 Å². The minimum absolute atomic E-state index is 0.120. The Balaban J connectivity index is 1.25. The van der Waals surface area contributed by atoms with Gasteiger partial charge in [-0.2, -0.15) is 0 Å². The molecule has 12 heteroatoms. The van der Waals surface area contributed by atoms with Gasteiger partial charge in [0.1, 0.15) is 34.4 Å². The molecule has 0 fully saturated rings. The lowest BCUT2D eigenvalue weighted by Crippen LogP contribution is -2.19. The van der Waals surface area contributed by atoms with Gasteiger partial charge in [-0.3, -0.25) is 10.2 Å². The lowest BCUT2D eigenvalue weighted by molar-refractivity contribution is 0.0963. The number of aryl methyl sites for hydroxylation is 1. The van der Waals surface area contributed by atoms with Gasteiger partial charge < -0.3 is 23.9 Å². The van der Waals surface area contributed by atoms with Gasteiger partial charge in [0.05, 0.1) is 24.4 Å². The molecule has 0 aliphatic carbocycles. The van der Waals surface area contributed by atoms with E-state index in [9.17, 15) is 4.79 Å². The fraction of sp³-hybridized carbons (Fsp3) is 0.222. The van der Waals surface area contributed by atoms with Crippen molar-refractivity contribution in [2.45, 2.75) is 24.2 Å². The van der Waals surface area contributed by atoms with Crippen LogP contribution in [0.1, 0.15) is 20.9 Å². The van der Waals surface area contributed by atoms with Crippen LogP contribution in [0.2, 0.25) is 0 Å². The second kappa shape index (κ2) is 10.3. The molecule has 0 radical (unpaired) electrons. The highest BCUT2D eigenvalue weighted by Gasteiger charge is 2.25. The second-order valence-electron chi connectivity index (χ2n) is 8.71. The van der Waals surface area contributed by atoms with Gasteiger partial charge in [-0.05, 0) is 36.9 Å². The first kappa shape index (κ1) is 25.3. The maximum absolute atomic E-state index is 11.8. The summed E-state index contributed by atoms with van der Waals surface area (Å²) in [6.45, 7) is 2.30. The summed E-state index contributed by atoms with van der Waals surface area (Å²) < 4.78 is 25.1. The number of thioether (sulfide) groups is 1. The molecule has 0 bridgehead atoms. The van der Waals surface area contributed by atoms with Gasteiger partial charge in [0.2, 0.25) is 0 Å². The zero-order valence-electron chi connectivity index (χ0n) is 21.6. The van der Waals surface area contributed by atoms with Crippen LogP contribution < -0.4 is 20.2 Å². The number of nitrogens with zero attached hydrogens (tertiary/aromatic N) is 3. The number of rotatable bonds is 8. The van der Waals surface area contributed by atoms with Gasteiger partial charge in [-0.1, -0.05) is 12.1 Å². The highest BCUT2D eigenvalue weighted by Crippen LogP contribution is 2.39. The maximum Gasteiger partial charge on any atom is 0.251 e. The SMILES string of the molecule is CNC(=O)c1ccc(-c2nc(COc3cc(OC)cc4oc(-c5cn6c(n5)SC(OC)N6)cc34)c(C)s2)cc1. The highest BCUT2D eigenvalue weighted by atomic mass is 32.2. The molecule has 200 valence electrons. The van der Waals surface area contributed by atoms with Crippen LogP contribution in [0.4, 0.5) is 0 Å². The van der Waals surface area contributed by atoms with Crippen LogP contribution in [0.15, 0.2) is 58.2 Å². The van der Waals surface area contributed by atoms with Crippen molar-refractivity contribution in [1.29, 1.82) is 0 Å². The van der Waals surface area contributed by atoms with E-state index >= 15 is 0 Å². The fourth-order valence-corrected chi connectivity index (χ4v) is 5.93. The summed E-state index contributed by atoms with van der Waals surface area (Å²) in [6, 6.07) is 13.0. The number of nitrogens with one attached hydrogen (secondary N) is 2. The number of thiazole rings is 1. The molecule has 0 spiro atoms. The Morgan fingerprint density at radius 1 is 1.18 bits per heavy atom. The highest BCUT2D eigenvalue weighted by molar-refractivity contribution is 7.99. The Labute approximate surface area is 232 Å². The quantitative estimate of drug-likeness (QED) is 0.261. The number of hydrogen-bond acceptors (Lipinski definition) is 10. The normalized spacial score (nSPS) is 14.3. The van der Waals surface area contributed by atoms with E-state index in [1.54, 1.807) is 44.7 Å². The van der Waals surface area contributed by atoms with Crippen molar-refractivity contribution in [3.63, 3.8) is 0 Å². The van der Waals surface area contributed by atoms with Crippen molar-refractivity contribution in [2.75, 3.05) is 26.7 Å². The molecule has 5 aromatic rings. The van der Waals surface area contributed by atoms with E-state index in [-0.39, 0.29) is 18.1 Å². The average Bonchev–Trinajstić information content (AvgIpc) is 3.73. The molecule has 39 heavy (non-hydrogen) atoms. The molecule has 2 N–H and O–H groups in total. The minimum Gasteiger partial charge on any atom is -0.496 e. The van der Waals surface area contributed by atoms with Crippen LogP contribution >= 0.6 is 23.1 Å². The molecule has 6 rings (SSSR count). The minimum atomic E-state index is -0.168. The van der Waals surface area contributed by atoms with E-state index < -0.39 is 0 Å². The first-order valence-corrected chi connectivity index (χ1v) is 13.7. The zero-order valence-corrected chi connectivity index (χ0v) is 23.2. The van der Waals surface area contributed by atoms with E-state index in [2.05, 4.69) is 15.7 Å². The number of amides is 1. The Morgan fingerprint density at radius 3 is 2.72 bits per heavy atom. The molecular weight excluding hydrogens is 538 g/mol. The van der Waals surface area contributed by atoms with E-state index in [1.807, 2.05) is 48.1 Å². The standard InChI is InChI=1S/C27H25N5O5S2/c1-14-20(29-25(38-14)16-7-5-15(6-8-16)24(33)28-2)13-36-21-9-17(34-3)10-22-18(21)11-23(37-22)19-12-32-26(30-19)39-27(31-32)35-4/h5-12,27,31H,13H2,1-4H3,(H,28,33). The number of imidazole rings is 1. The number of carbonyl (C=O) groups is 1. The van der Waals surface area contributed by atoms with E-state index in [0.717, 1.165) is 31.7 Å². The maximum atomic E-state index is 11.8. The van der Waals surface area contributed by atoms with Crippen molar-refractivity contribution >= 4 is 40.0 Å². The third-order valence-corrected chi connectivity index (χ3v) is 8.36. The van der Waals surface area contributed by atoms with Gasteiger partial charge >= 0.3 is 0 Å². The molecule has 3 aromatic heterocycles. The van der Waals surface area contributed by atoms with E-state index in [1.165, 1.54) is 11.8 Å². The van der Waals surface area contributed by atoms with Crippen LogP contribution in [0.5, 0.6) is 11.5 Å². The molecule has 0 saturated carbocycles. The number of carbonyl (C=O) groups excluding carboxylic acids is 1. The predicted octanol–water partition coefficient (Wildman–Crippen LogP) is 5.25. The number of aromatic nitrogens is 3. The van der Waals surface area contributed by atoms with E-state index in [4.69, 9.17) is 23.6 Å². The molecule has 1 atom stereocenters. The first-order valence-electron chi connectivity index (χ1n) is 12.0. The van der Waals surface area contributed by atoms with Gasteiger partial charge in [0.25, 0.3) is 5.91 Å². The Kier molecular flexibility index (Phi) is 6.67. The van der Waals surface area contributed by atoms with Crippen LogP contribution in [0.3, 0.4) is 0 Å². The fourth-order valence-electron chi connectivity index (χ4n) is 4.18. The predicted molar refractivity (Wildman–Crippen MR) is 150 cm³/mol. The van der Waals surface area contributed by atoms with Crippen molar-refractivity contribution < 1.29 is 23.4 Å². The Hall–Kier alpha value is -4.00. The summed E-state index contributed by atoms with van der Waals surface area (Å²) in [4.78, 5) is 22.4. The number of furan rings is 1. The summed E-state index contributed by atoms with van der Waals surface area (Å²) in [5, 5.41) is 5.11. The third kappa shape index (κ3) is 4.82. The third-order valence-electron chi connectivity index (χ3n) is 6.28. The topological polar surface area (TPSA) is 113 Å². The summed E-state index contributed by atoms with van der Waals surface area (Å²) >= 11 is 3.07. The van der Waals surface area contributed by atoms with Crippen LogP contribution in [-0.4, -0.2) is 47.4 Å². The summed E-state index contributed by atoms with van der Waals surface area (Å²) in [5.74, 6) is 1.75. The number of methoxy groups -OCH3 is 2. The molecule has 0 saturated heterocycles. The lowest BCUT2D eigenvalue weighted by atomic mass is 10.1. The zero-order chi connectivity index (χ0) is 27.1. The molecule has 2 aromatic carbocycles. The molecule has 1 aliphatic rings. The lowest BCUT2D eigenvalue weighted by Gasteiger charge is -2.08. The van der Waals surface area contributed by atoms with Crippen molar-refractivity contribution in [3.8, 4) is 33.5 Å². The summed E-state index contributed by atoms with van der Waals surface area (Å²) in [5.41, 5.74) is 6.74. The number of fused-ring (bicyclic) bond motifs is 2. The molecule has 1 unspecified atom stereocenters. The monoisotopic (exact) mass is 563 g/mol. The van der Waals surface area contributed by atoms with E-state index in [0.29, 0.717) is 34.1 Å². The van der Waals surface area contributed by atoms with Gasteiger partial charge in [0, 0.05) is 42.3 Å². The molecular formula is C27H25N5O5S2. The van der Waals surface area contributed by atoms with Crippen LogP contribution in [-0.2, 0) is 11.3 Å². The number of benzene rings is 2. The van der Waals surface area contributed by atoms with Gasteiger partial charge in [0.15, 0.2) is 16.5 Å². The second-order valence-corrected chi connectivity index (χ2v) is 10.9. The Morgan fingerprint density at radius 2 is 2.00 bits per heavy atom. The molecule has 10 nitrogen and oxygen atoms in total. The molecule has 1 amide bonds. The van der Waals surface area contributed by atoms with Crippen molar-refractivity contribution in [2.24, 2.45) is 0 Å². The largest absolute Gasteiger partial charge is 0.496 e. The van der Waals surface area contributed by atoms with Crippen LogP contribution in [0, 0.1) is 6.92 Å². The van der Waals surface area contributed by atoms with Gasteiger partial charge in [-0.25, -0.2) is 14.6 Å². The summed E-state index contributed by atoms with van der Waals surface area (Å²) in [7, 11) is 4.87. The van der Waals surface area contributed by atoms with Crippen molar-refractivity contribution in [1.82, 2.24) is 20.0 Å². The number of ether oxygens (including phenoxy) is 3. The Bertz CT molecular complexity index is 1650. The number of hydrogen-bond donors (Lipinski definition) is 2. The molecule has 1 aliphatic heterocycles. The average molecular weight is 564 g/mol.